The molecule has 0 N–H and O–H groups in total. The fourth-order valence-electron chi connectivity index (χ4n) is 3.89. The summed E-state index contributed by atoms with van der Waals surface area (Å²) in [4.78, 5) is 17.1. The molecule has 2 aromatic rings. The van der Waals surface area contributed by atoms with Crippen LogP contribution >= 0.6 is 0 Å². The van der Waals surface area contributed by atoms with Crippen LogP contribution in [0, 0.1) is 6.92 Å². The highest BCUT2D eigenvalue weighted by Gasteiger charge is 2.30. The van der Waals surface area contributed by atoms with Gasteiger partial charge in [0, 0.05) is 46.8 Å². The second-order valence-corrected chi connectivity index (χ2v) is 10.5. The molecule has 2 aliphatic rings. The average molecular weight is 475 g/mol. The van der Waals surface area contributed by atoms with Crippen LogP contribution in [0.2, 0.25) is 0 Å². The van der Waals surface area contributed by atoms with Crippen LogP contribution in [0.25, 0.3) is 0 Å². The van der Waals surface area contributed by atoms with E-state index in [-0.39, 0.29) is 19.2 Å². The summed E-state index contributed by atoms with van der Waals surface area (Å²) in [6.07, 6.45) is 0. The maximum absolute atomic E-state index is 13.1. The minimum atomic E-state index is -3.81. The highest BCUT2D eigenvalue weighted by molar-refractivity contribution is 7.90. The number of piperazine rings is 1. The number of anilines is 1. The molecule has 0 saturated carbocycles. The number of nitrogens with zero attached hydrogens (tertiary/aromatic N) is 4. The molecule has 0 aliphatic carbocycles. The molecule has 1 fully saturated rings. The molecule has 10 heteroatoms. The van der Waals surface area contributed by atoms with Crippen molar-refractivity contribution in [1.29, 1.82) is 0 Å². The lowest BCUT2D eigenvalue weighted by molar-refractivity contribution is -0.131. The molecule has 0 unspecified atom stereocenters. The third-order valence-electron chi connectivity index (χ3n) is 5.91. The van der Waals surface area contributed by atoms with E-state index in [1.165, 1.54) is 18.4 Å². The largest absolute Gasteiger partial charge is 0.454 e. The molecule has 178 valence electrons. The summed E-state index contributed by atoms with van der Waals surface area (Å²) >= 11 is 0. The van der Waals surface area contributed by atoms with E-state index in [4.69, 9.17) is 9.47 Å². The zero-order valence-electron chi connectivity index (χ0n) is 19.2. The fourth-order valence-corrected chi connectivity index (χ4v) is 4.95. The molecule has 33 heavy (non-hydrogen) atoms. The quantitative estimate of drug-likeness (QED) is 0.607. The van der Waals surface area contributed by atoms with Crippen molar-refractivity contribution in [3.63, 3.8) is 0 Å². The normalized spacial score (nSPS) is 16.3. The van der Waals surface area contributed by atoms with Gasteiger partial charge in [0.1, 0.15) is 6.54 Å². The number of benzene rings is 2. The SMILES string of the molecule is Cc1ccc(N(CC(=O)N2CCN(Cc3ccc4c(c3)OCO4)CC2)S(=O)(=O)N(C)C)cc1. The molecule has 1 saturated heterocycles. The van der Waals surface area contributed by atoms with Gasteiger partial charge in [-0.05, 0) is 36.8 Å². The summed E-state index contributed by atoms with van der Waals surface area (Å²) in [6.45, 7) is 5.23. The Morgan fingerprint density at radius 3 is 2.30 bits per heavy atom. The molecule has 0 atom stereocenters. The van der Waals surface area contributed by atoms with Crippen LogP contribution in [-0.2, 0) is 21.5 Å². The van der Waals surface area contributed by atoms with E-state index >= 15 is 0 Å². The monoisotopic (exact) mass is 474 g/mol. The molecule has 2 aromatic carbocycles. The van der Waals surface area contributed by atoms with Crippen molar-refractivity contribution in [2.75, 3.05) is 57.9 Å². The van der Waals surface area contributed by atoms with Crippen molar-refractivity contribution in [1.82, 2.24) is 14.1 Å². The summed E-state index contributed by atoms with van der Waals surface area (Å²) in [7, 11) is -0.872. The summed E-state index contributed by atoms with van der Waals surface area (Å²) in [5, 5.41) is 0. The molecule has 0 bridgehead atoms. The number of carbonyl (C=O) groups excluding carboxylic acids is 1. The molecule has 0 spiro atoms. The molecule has 1 amide bonds. The number of carbonyl (C=O) groups is 1. The predicted octanol–water partition coefficient (Wildman–Crippen LogP) is 1.68. The third kappa shape index (κ3) is 5.23. The molecular formula is C23H30N4O5S. The van der Waals surface area contributed by atoms with Crippen LogP contribution in [0.3, 0.4) is 0 Å². The first-order valence-electron chi connectivity index (χ1n) is 10.9. The number of fused-ring (bicyclic) bond motifs is 1. The average Bonchev–Trinajstić information content (AvgIpc) is 3.26. The van der Waals surface area contributed by atoms with Crippen LogP contribution < -0.4 is 13.8 Å². The van der Waals surface area contributed by atoms with Gasteiger partial charge < -0.3 is 14.4 Å². The van der Waals surface area contributed by atoms with Crippen molar-refractivity contribution in [3.8, 4) is 11.5 Å². The number of aryl methyl sites for hydroxylation is 1. The van der Waals surface area contributed by atoms with E-state index in [9.17, 15) is 13.2 Å². The van der Waals surface area contributed by atoms with Crippen molar-refractivity contribution < 1.29 is 22.7 Å². The smallest absolute Gasteiger partial charge is 0.304 e. The number of hydrogen-bond acceptors (Lipinski definition) is 6. The van der Waals surface area contributed by atoms with Crippen molar-refractivity contribution in [2.45, 2.75) is 13.5 Å². The van der Waals surface area contributed by atoms with Gasteiger partial charge in [-0.3, -0.25) is 9.69 Å². The van der Waals surface area contributed by atoms with Gasteiger partial charge in [0.25, 0.3) is 0 Å². The van der Waals surface area contributed by atoms with E-state index in [2.05, 4.69) is 4.90 Å². The third-order valence-corrected chi connectivity index (χ3v) is 7.73. The Balaban J connectivity index is 1.38. The van der Waals surface area contributed by atoms with Crippen molar-refractivity contribution in [3.05, 3.63) is 53.6 Å². The zero-order chi connectivity index (χ0) is 23.6. The zero-order valence-corrected chi connectivity index (χ0v) is 20.0. The number of ether oxygens (including phenoxy) is 2. The van der Waals surface area contributed by atoms with Crippen LogP contribution in [0.15, 0.2) is 42.5 Å². The molecule has 9 nitrogen and oxygen atoms in total. The lowest BCUT2D eigenvalue weighted by Crippen LogP contribution is -2.52. The van der Waals surface area contributed by atoms with Gasteiger partial charge in [-0.15, -0.1) is 0 Å². The summed E-state index contributed by atoms with van der Waals surface area (Å²) in [5.41, 5.74) is 2.62. The number of hydrogen-bond donors (Lipinski definition) is 0. The molecule has 4 rings (SSSR count). The number of amides is 1. The van der Waals surface area contributed by atoms with Gasteiger partial charge in [0.05, 0.1) is 5.69 Å². The Morgan fingerprint density at radius 2 is 1.64 bits per heavy atom. The summed E-state index contributed by atoms with van der Waals surface area (Å²) < 4.78 is 39.0. The van der Waals surface area contributed by atoms with E-state index < -0.39 is 10.2 Å². The minimum absolute atomic E-state index is 0.205. The Labute approximate surface area is 195 Å². The van der Waals surface area contributed by atoms with E-state index in [0.717, 1.165) is 33.5 Å². The molecule has 0 aromatic heterocycles. The molecule has 2 heterocycles. The van der Waals surface area contributed by atoms with E-state index in [1.54, 1.807) is 17.0 Å². The topological polar surface area (TPSA) is 82.6 Å². The van der Waals surface area contributed by atoms with Gasteiger partial charge in [-0.25, -0.2) is 4.31 Å². The van der Waals surface area contributed by atoms with Crippen LogP contribution in [0.5, 0.6) is 11.5 Å². The fraction of sp³-hybridized carbons (Fsp3) is 0.435. The lowest BCUT2D eigenvalue weighted by atomic mass is 10.1. The van der Waals surface area contributed by atoms with Crippen molar-refractivity contribution in [2.24, 2.45) is 0 Å². The second-order valence-electron chi connectivity index (χ2n) is 8.48. The minimum Gasteiger partial charge on any atom is -0.454 e. The predicted molar refractivity (Wildman–Crippen MR) is 126 cm³/mol. The van der Waals surface area contributed by atoms with Crippen LogP contribution in [0.1, 0.15) is 11.1 Å². The first kappa shape index (κ1) is 23.3. The highest BCUT2D eigenvalue weighted by Crippen LogP contribution is 2.32. The number of rotatable bonds is 7. The van der Waals surface area contributed by atoms with Gasteiger partial charge in [0.2, 0.25) is 12.7 Å². The van der Waals surface area contributed by atoms with Gasteiger partial charge in [-0.2, -0.15) is 12.7 Å². The maximum atomic E-state index is 13.1. The van der Waals surface area contributed by atoms with Gasteiger partial charge in [-0.1, -0.05) is 23.8 Å². The van der Waals surface area contributed by atoms with Crippen molar-refractivity contribution >= 4 is 21.8 Å². The van der Waals surface area contributed by atoms with E-state index in [0.29, 0.717) is 31.9 Å². The highest BCUT2D eigenvalue weighted by atomic mass is 32.2. The lowest BCUT2D eigenvalue weighted by Gasteiger charge is -2.36. The molecule has 2 aliphatic heterocycles. The molecular weight excluding hydrogens is 444 g/mol. The molecule has 0 radical (unpaired) electrons. The first-order chi connectivity index (χ1) is 15.7. The standard InChI is InChI=1S/C23H30N4O5S/c1-18-4-7-20(8-5-18)27(33(29,30)24(2)3)16-23(28)26-12-10-25(11-13-26)15-19-6-9-21-22(14-19)32-17-31-21/h4-9,14H,10-13,15-17H2,1-3H3. The maximum Gasteiger partial charge on any atom is 0.304 e. The summed E-state index contributed by atoms with van der Waals surface area (Å²) in [6, 6.07) is 13.1. The van der Waals surface area contributed by atoms with E-state index in [1.807, 2.05) is 37.3 Å². The second kappa shape index (κ2) is 9.58. The Kier molecular flexibility index (Phi) is 6.78. The van der Waals surface area contributed by atoms with Gasteiger partial charge >= 0.3 is 10.2 Å². The first-order valence-corrected chi connectivity index (χ1v) is 12.3. The Morgan fingerprint density at radius 1 is 0.970 bits per heavy atom. The van der Waals surface area contributed by atoms with Crippen LogP contribution in [-0.4, -0.2) is 82.0 Å². The van der Waals surface area contributed by atoms with Crippen LogP contribution in [0.4, 0.5) is 5.69 Å². The van der Waals surface area contributed by atoms with Gasteiger partial charge in [0.15, 0.2) is 11.5 Å². The summed E-state index contributed by atoms with van der Waals surface area (Å²) in [5.74, 6) is 1.32. The Bertz CT molecular complexity index is 1100. The Hall–Kier alpha value is -2.82.